The van der Waals surface area contributed by atoms with Crippen molar-refractivity contribution in [2.24, 2.45) is 0 Å². The van der Waals surface area contributed by atoms with Gasteiger partial charge in [-0.25, -0.2) is 0 Å². The molecule has 0 atom stereocenters. The zero-order chi connectivity index (χ0) is 8.97. The number of hydrogen-bond donors (Lipinski definition) is 1. The number of halogens is 1. The summed E-state index contributed by atoms with van der Waals surface area (Å²) >= 11 is 3.37. The van der Waals surface area contributed by atoms with Gasteiger partial charge in [0.05, 0.1) is 6.42 Å². The Morgan fingerprint density at radius 2 is 2.17 bits per heavy atom. The largest absolute Gasteiger partial charge is 0.359 e. The molecule has 0 aliphatic rings. The predicted molar refractivity (Wildman–Crippen MR) is 51.9 cm³/mol. The van der Waals surface area contributed by atoms with Crippen molar-refractivity contribution < 1.29 is 4.79 Å². The lowest BCUT2D eigenvalue weighted by Gasteiger charge is -2.01. The predicted octanol–water partition coefficient (Wildman–Crippen LogP) is 1.74. The van der Waals surface area contributed by atoms with Crippen LogP contribution in [0.4, 0.5) is 0 Å². The summed E-state index contributed by atoms with van der Waals surface area (Å²) in [4.78, 5) is 11.0. The average molecular weight is 228 g/mol. The second kappa shape index (κ2) is 4.26. The van der Waals surface area contributed by atoms with E-state index in [4.69, 9.17) is 0 Å². The zero-order valence-electron chi connectivity index (χ0n) is 6.80. The molecule has 1 rings (SSSR count). The molecule has 12 heavy (non-hydrogen) atoms. The van der Waals surface area contributed by atoms with E-state index in [0.717, 1.165) is 10.0 Å². The minimum atomic E-state index is 0.0295. The number of rotatable bonds is 2. The number of likely N-dealkylation sites (N-methyl/N-ethyl adjacent to an activating group) is 1. The van der Waals surface area contributed by atoms with Crippen LogP contribution in [0.3, 0.4) is 0 Å². The fourth-order valence-electron chi connectivity index (χ4n) is 0.903. The van der Waals surface area contributed by atoms with Crippen molar-refractivity contribution in [3.05, 3.63) is 34.3 Å². The molecule has 0 radical (unpaired) electrons. The smallest absolute Gasteiger partial charge is 0.224 e. The van der Waals surface area contributed by atoms with Gasteiger partial charge in [0.25, 0.3) is 0 Å². The van der Waals surface area contributed by atoms with Crippen LogP contribution < -0.4 is 5.32 Å². The molecule has 1 N–H and O–H groups in total. The van der Waals surface area contributed by atoms with E-state index in [9.17, 15) is 4.79 Å². The number of carbonyl (C=O) groups is 1. The highest BCUT2D eigenvalue weighted by molar-refractivity contribution is 9.10. The van der Waals surface area contributed by atoms with Gasteiger partial charge < -0.3 is 5.32 Å². The van der Waals surface area contributed by atoms with Crippen LogP contribution in [0.15, 0.2) is 28.7 Å². The quantitative estimate of drug-likeness (QED) is 0.820. The maximum atomic E-state index is 11.0. The monoisotopic (exact) mass is 227 g/mol. The highest BCUT2D eigenvalue weighted by Crippen LogP contribution is 2.15. The minimum Gasteiger partial charge on any atom is -0.359 e. The summed E-state index contributed by atoms with van der Waals surface area (Å²) in [5.41, 5.74) is 1.01. The minimum absolute atomic E-state index is 0.0295. The van der Waals surface area contributed by atoms with Crippen molar-refractivity contribution in [3.63, 3.8) is 0 Å². The van der Waals surface area contributed by atoms with Gasteiger partial charge in [-0.1, -0.05) is 34.1 Å². The van der Waals surface area contributed by atoms with Crippen LogP contribution in [0, 0.1) is 0 Å². The standard InChI is InChI=1S/C9H10BrNO/c1-11-9(12)6-7-4-2-3-5-8(7)10/h2-5H,6H2,1H3,(H,11,12). The fourth-order valence-corrected chi connectivity index (χ4v) is 1.33. The Kier molecular flexibility index (Phi) is 3.29. The van der Waals surface area contributed by atoms with Gasteiger partial charge in [0, 0.05) is 11.5 Å². The molecule has 1 aromatic carbocycles. The molecule has 0 saturated heterocycles. The molecular formula is C9H10BrNO. The van der Waals surface area contributed by atoms with Crippen LogP contribution >= 0.6 is 15.9 Å². The Hall–Kier alpha value is -0.830. The molecule has 1 amide bonds. The summed E-state index contributed by atoms with van der Waals surface area (Å²) in [6.07, 6.45) is 0.428. The molecular weight excluding hydrogens is 218 g/mol. The molecule has 0 heterocycles. The van der Waals surface area contributed by atoms with Crippen LogP contribution in [0.2, 0.25) is 0 Å². The van der Waals surface area contributed by atoms with E-state index in [1.807, 2.05) is 24.3 Å². The van der Waals surface area contributed by atoms with Gasteiger partial charge in [0.2, 0.25) is 5.91 Å². The Balaban J connectivity index is 2.75. The van der Waals surface area contributed by atoms with E-state index < -0.39 is 0 Å². The lowest BCUT2D eigenvalue weighted by atomic mass is 10.1. The summed E-state index contributed by atoms with van der Waals surface area (Å²) < 4.78 is 0.980. The van der Waals surface area contributed by atoms with Crippen molar-refractivity contribution in [2.45, 2.75) is 6.42 Å². The summed E-state index contributed by atoms with van der Waals surface area (Å²) in [6.45, 7) is 0. The highest BCUT2D eigenvalue weighted by atomic mass is 79.9. The van der Waals surface area contributed by atoms with Crippen molar-refractivity contribution in [1.82, 2.24) is 5.32 Å². The third-order valence-electron chi connectivity index (χ3n) is 1.59. The van der Waals surface area contributed by atoms with E-state index in [2.05, 4.69) is 21.2 Å². The number of nitrogens with one attached hydrogen (secondary N) is 1. The number of amides is 1. The van der Waals surface area contributed by atoms with Gasteiger partial charge in [-0.05, 0) is 11.6 Å². The van der Waals surface area contributed by atoms with Gasteiger partial charge in [0.15, 0.2) is 0 Å². The normalized spacial score (nSPS) is 9.50. The molecule has 2 nitrogen and oxygen atoms in total. The second-order valence-corrected chi connectivity index (χ2v) is 3.30. The van der Waals surface area contributed by atoms with Crippen molar-refractivity contribution in [1.29, 1.82) is 0 Å². The molecule has 0 saturated carbocycles. The van der Waals surface area contributed by atoms with Crippen LogP contribution in [0.5, 0.6) is 0 Å². The first-order valence-electron chi connectivity index (χ1n) is 3.68. The Morgan fingerprint density at radius 3 is 2.75 bits per heavy atom. The van der Waals surface area contributed by atoms with Gasteiger partial charge in [-0.2, -0.15) is 0 Å². The summed E-state index contributed by atoms with van der Waals surface area (Å²) in [7, 11) is 1.64. The van der Waals surface area contributed by atoms with E-state index in [1.54, 1.807) is 7.05 Å². The number of carbonyl (C=O) groups excluding carboxylic acids is 1. The Bertz CT molecular complexity index is 286. The highest BCUT2D eigenvalue weighted by Gasteiger charge is 2.02. The molecule has 0 spiro atoms. The third-order valence-corrected chi connectivity index (χ3v) is 2.36. The zero-order valence-corrected chi connectivity index (χ0v) is 8.39. The first-order chi connectivity index (χ1) is 5.74. The molecule has 0 unspecified atom stereocenters. The third kappa shape index (κ3) is 2.34. The van der Waals surface area contributed by atoms with Crippen molar-refractivity contribution in [2.75, 3.05) is 7.05 Å². The lowest BCUT2D eigenvalue weighted by molar-refractivity contribution is -0.119. The Labute approximate surface area is 80.1 Å². The van der Waals surface area contributed by atoms with E-state index >= 15 is 0 Å². The molecule has 1 aromatic rings. The molecule has 3 heteroatoms. The van der Waals surface area contributed by atoms with Crippen LogP contribution in [0.25, 0.3) is 0 Å². The summed E-state index contributed by atoms with van der Waals surface area (Å²) in [5, 5.41) is 2.58. The summed E-state index contributed by atoms with van der Waals surface area (Å²) in [5.74, 6) is 0.0295. The van der Waals surface area contributed by atoms with E-state index in [1.165, 1.54) is 0 Å². The first kappa shape index (κ1) is 9.26. The van der Waals surface area contributed by atoms with Crippen molar-refractivity contribution in [3.8, 4) is 0 Å². The topological polar surface area (TPSA) is 29.1 Å². The summed E-state index contributed by atoms with van der Waals surface area (Å²) in [6, 6.07) is 7.71. The lowest BCUT2D eigenvalue weighted by Crippen LogP contribution is -2.20. The maximum absolute atomic E-state index is 11.0. The van der Waals surface area contributed by atoms with Crippen LogP contribution in [-0.4, -0.2) is 13.0 Å². The maximum Gasteiger partial charge on any atom is 0.224 e. The van der Waals surface area contributed by atoms with Crippen LogP contribution in [-0.2, 0) is 11.2 Å². The molecule has 0 aliphatic carbocycles. The molecule has 0 aromatic heterocycles. The van der Waals surface area contributed by atoms with E-state index in [-0.39, 0.29) is 5.91 Å². The molecule has 0 fully saturated rings. The average Bonchev–Trinajstić information content (AvgIpc) is 2.09. The van der Waals surface area contributed by atoms with Crippen LogP contribution in [0.1, 0.15) is 5.56 Å². The molecule has 0 aliphatic heterocycles. The van der Waals surface area contributed by atoms with Gasteiger partial charge in [-0.3, -0.25) is 4.79 Å². The van der Waals surface area contributed by atoms with E-state index in [0.29, 0.717) is 6.42 Å². The van der Waals surface area contributed by atoms with Gasteiger partial charge >= 0.3 is 0 Å². The van der Waals surface area contributed by atoms with Gasteiger partial charge in [-0.15, -0.1) is 0 Å². The SMILES string of the molecule is CNC(=O)Cc1ccccc1Br. The molecule has 64 valence electrons. The van der Waals surface area contributed by atoms with Gasteiger partial charge in [0.1, 0.15) is 0 Å². The number of hydrogen-bond acceptors (Lipinski definition) is 1. The fraction of sp³-hybridized carbons (Fsp3) is 0.222. The number of benzene rings is 1. The first-order valence-corrected chi connectivity index (χ1v) is 4.47. The second-order valence-electron chi connectivity index (χ2n) is 2.44. The molecule has 0 bridgehead atoms. The Morgan fingerprint density at radius 1 is 1.50 bits per heavy atom. The van der Waals surface area contributed by atoms with Crippen molar-refractivity contribution >= 4 is 21.8 Å².